The third kappa shape index (κ3) is 3.60. The van der Waals surface area contributed by atoms with Crippen LogP contribution in [0.25, 0.3) is 32.1 Å². The molecule has 3 heterocycles. The molecule has 5 aromatic rings. The van der Waals surface area contributed by atoms with Crippen LogP contribution in [0.15, 0.2) is 76.2 Å². The highest BCUT2D eigenvalue weighted by molar-refractivity contribution is 7.22. The van der Waals surface area contributed by atoms with Gasteiger partial charge in [-0.25, -0.2) is 4.98 Å². The van der Waals surface area contributed by atoms with Gasteiger partial charge in [0.15, 0.2) is 0 Å². The van der Waals surface area contributed by atoms with Gasteiger partial charge in [-0.2, -0.15) is 0 Å². The van der Waals surface area contributed by atoms with Crippen LogP contribution in [0, 0.1) is 10.1 Å². The van der Waals surface area contributed by atoms with E-state index in [2.05, 4.69) is 15.2 Å². The molecule has 0 saturated heterocycles. The first-order chi connectivity index (χ1) is 15.1. The molecule has 0 radical (unpaired) electrons. The van der Waals surface area contributed by atoms with E-state index < -0.39 is 4.92 Å². The van der Waals surface area contributed by atoms with Gasteiger partial charge in [-0.1, -0.05) is 30.3 Å². The standard InChI is InChI=1S/C21H13N5O4S/c27-21-19-16(10-17(31-19)13-4-2-1-3-5-13)22-12-25(21)11-18-23-24-20(30-18)14-6-8-15(9-7-14)26(28)29/h1-10,12H,11H2. The van der Waals surface area contributed by atoms with Gasteiger partial charge in [0.2, 0.25) is 11.8 Å². The summed E-state index contributed by atoms with van der Waals surface area (Å²) >= 11 is 1.39. The monoisotopic (exact) mass is 431 g/mol. The molecule has 0 saturated carbocycles. The molecule has 5 rings (SSSR count). The Morgan fingerprint density at radius 1 is 1.03 bits per heavy atom. The molecule has 0 spiro atoms. The van der Waals surface area contributed by atoms with Crippen molar-refractivity contribution in [3.05, 3.63) is 93.3 Å². The van der Waals surface area contributed by atoms with Crippen LogP contribution >= 0.6 is 11.3 Å². The van der Waals surface area contributed by atoms with Crippen molar-refractivity contribution in [1.29, 1.82) is 0 Å². The second kappa shape index (κ2) is 7.58. The zero-order chi connectivity index (χ0) is 21.4. The molecule has 0 unspecified atom stereocenters. The predicted octanol–water partition coefficient (Wildman–Crippen LogP) is 4.13. The number of nitrogens with zero attached hydrogens (tertiary/aromatic N) is 5. The van der Waals surface area contributed by atoms with Crippen molar-refractivity contribution in [3.8, 4) is 21.9 Å². The molecule has 10 heteroatoms. The minimum atomic E-state index is -0.480. The lowest BCUT2D eigenvalue weighted by Crippen LogP contribution is -2.20. The molecule has 0 aliphatic rings. The molecule has 0 aliphatic heterocycles. The van der Waals surface area contributed by atoms with Crippen LogP contribution in [-0.2, 0) is 6.54 Å². The summed E-state index contributed by atoms with van der Waals surface area (Å²) in [5.41, 5.74) is 2.01. The van der Waals surface area contributed by atoms with E-state index in [9.17, 15) is 14.9 Å². The average Bonchev–Trinajstić information content (AvgIpc) is 3.44. The molecular weight excluding hydrogens is 418 g/mol. The smallest absolute Gasteiger partial charge is 0.271 e. The van der Waals surface area contributed by atoms with Crippen LogP contribution in [0.5, 0.6) is 0 Å². The maximum absolute atomic E-state index is 12.9. The Labute approximate surface area is 178 Å². The molecule has 0 amide bonds. The van der Waals surface area contributed by atoms with Crippen LogP contribution < -0.4 is 5.56 Å². The summed E-state index contributed by atoms with van der Waals surface area (Å²) < 4.78 is 7.61. The number of hydrogen-bond donors (Lipinski definition) is 0. The lowest BCUT2D eigenvalue weighted by Gasteiger charge is -2.00. The summed E-state index contributed by atoms with van der Waals surface area (Å²) in [5.74, 6) is 0.450. The summed E-state index contributed by atoms with van der Waals surface area (Å²) in [6, 6.07) is 17.5. The number of rotatable bonds is 5. The van der Waals surface area contributed by atoms with E-state index in [4.69, 9.17) is 4.42 Å². The number of benzene rings is 2. The van der Waals surface area contributed by atoms with Crippen molar-refractivity contribution in [2.75, 3.05) is 0 Å². The highest BCUT2D eigenvalue weighted by Gasteiger charge is 2.14. The van der Waals surface area contributed by atoms with Crippen molar-refractivity contribution in [2.24, 2.45) is 0 Å². The second-order valence-electron chi connectivity index (χ2n) is 6.67. The second-order valence-corrected chi connectivity index (χ2v) is 7.73. The third-order valence-corrected chi connectivity index (χ3v) is 5.82. The van der Waals surface area contributed by atoms with Gasteiger partial charge in [-0.3, -0.25) is 19.5 Å². The van der Waals surface area contributed by atoms with Gasteiger partial charge in [-0.15, -0.1) is 21.5 Å². The maximum atomic E-state index is 12.9. The molecular formula is C21H13N5O4S. The highest BCUT2D eigenvalue weighted by Crippen LogP contribution is 2.30. The summed E-state index contributed by atoms with van der Waals surface area (Å²) in [6.07, 6.45) is 1.46. The molecule has 0 aliphatic carbocycles. The fraction of sp³-hybridized carbons (Fsp3) is 0.0476. The zero-order valence-corrected chi connectivity index (χ0v) is 16.7. The van der Waals surface area contributed by atoms with Crippen LogP contribution in [0.1, 0.15) is 5.89 Å². The van der Waals surface area contributed by atoms with E-state index in [0.29, 0.717) is 15.8 Å². The lowest BCUT2D eigenvalue weighted by molar-refractivity contribution is -0.384. The minimum Gasteiger partial charge on any atom is -0.419 e. The molecule has 0 N–H and O–H groups in total. The van der Waals surface area contributed by atoms with Crippen LogP contribution in [0.2, 0.25) is 0 Å². The van der Waals surface area contributed by atoms with E-state index in [0.717, 1.165) is 10.4 Å². The van der Waals surface area contributed by atoms with Crippen LogP contribution in [0.4, 0.5) is 5.69 Å². The van der Waals surface area contributed by atoms with Gasteiger partial charge in [0.25, 0.3) is 11.2 Å². The van der Waals surface area contributed by atoms with Crippen molar-refractivity contribution < 1.29 is 9.34 Å². The third-order valence-electron chi connectivity index (χ3n) is 4.66. The van der Waals surface area contributed by atoms with Gasteiger partial charge < -0.3 is 4.42 Å². The molecule has 0 atom stereocenters. The number of aromatic nitrogens is 4. The highest BCUT2D eigenvalue weighted by atomic mass is 32.1. The Morgan fingerprint density at radius 2 is 1.81 bits per heavy atom. The van der Waals surface area contributed by atoms with Crippen LogP contribution in [0.3, 0.4) is 0 Å². The number of non-ortho nitro benzene ring substituents is 1. The van der Waals surface area contributed by atoms with E-state index >= 15 is 0 Å². The minimum absolute atomic E-state index is 0.0276. The van der Waals surface area contributed by atoms with Gasteiger partial charge in [0, 0.05) is 22.6 Å². The van der Waals surface area contributed by atoms with Crippen molar-refractivity contribution >= 4 is 27.2 Å². The summed E-state index contributed by atoms with van der Waals surface area (Å²) in [6.45, 7) is 0.0698. The van der Waals surface area contributed by atoms with Gasteiger partial charge >= 0.3 is 0 Å². The number of nitro groups is 1. The Kier molecular flexibility index (Phi) is 4.60. The zero-order valence-electron chi connectivity index (χ0n) is 15.8. The van der Waals surface area contributed by atoms with Crippen LogP contribution in [-0.4, -0.2) is 24.7 Å². The Balaban J connectivity index is 1.42. The molecule has 152 valence electrons. The molecule has 0 bridgehead atoms. The van der Waals surface area contributed by atoms with E-state index in [1.165, 1.54) is 46.5 Å². The molecule has 31 heavy (non-hydrogen) atoms. The Hall–Kier alpha value is -4.18. The summed E-state index contributed by atoms with van der Waals surface area (Å²) in [4.78, 5) is 28.6. The van der Waals surface area contributed by atoms with Crippen molar-refractivity contribution in [3.63, 3.8) is 0 Å². The van der Waals surface area contributed by atoms with E-state index in [1.807, 2.05) is 36.4 Å². The van der Waals surface area contributed by atoms with Gasteiger partial charge in [-0.05, 0) is 23.8 Å². The fourth-order valence-corrected chi connectivity index (χ4v) is 4.17. The van der Waals surface area contributed by atoms with Crippen molar-refractivity contribution in [1.82, 2.24) is 19.7 Å². The predicted molar refractivity (Wildman–Crippen MR) is 115 cm³/mol. The number of nitro benzene ring substituents is 1. The SMILES string of the molecule is O=c1c2sc(-c3ccccc3)cc2ncn1Cc1nnc(-c2ccc([N+](=O)[O-])cc2)o1. The first-order valence-electron chi connectivity index (χ1n) is 9.20. The van der Waals surface area contributed by atoms with Gasteiger partial charge in [0.1, 0.15) is 11.2 Å². The van der Waals surface area contributed by atoms with E-state index in [1.54, 1.807) is 0 Å². The molecule has 2 aromatic carbocycles. The first kappa shape index (κ1) is 18.8. The molecule has 3 aromatic heterocycles. The number of fused-ring (bicyclic) bond motifs is 1. The average molecular weight is 431 g/mol. The van der Waals surface area contributed by atoms with E-state index in [-0.39, 0.29) is 29.6 Å². The normalized spacial score (nSPS) is 11.1. The largest absolute Gasteiger partial charge is 0.419 e. The maximum Gasteiger partial charge on any atom is 0.271 e. The Bertz CT molecular complexity index is 1450. The molecule has 0 fully saturated rings. The van der Waals surface area contributed by atoms with Gasteiger partial charge in [0.05, 0.1) is 16.8 Å². The lowest BCUT2D eigenvalue weighted by atomic mass is 10.2. The number of thiophene rings is 1. The quantitative estimate of drug-likeness (QED) is 0.303. The topological polar surface area (TPSA) is 117 Å². The molecule has 9 nitrogen and oxygen atoms in total. The number of hydrogen-bond acceptors (Lipinski definition) is 8. The summed E-state index contributed by atoms with van der Waals surface area (Å²) in [7, 11) is 0. The first-order valence-corrected chi connectivity index (χ1v) is 10.0. The van der Waals surface area contributed by atoms with Crippen molar-refractivity contribution in [2.45, 2.75) is 6.54 Å². The fourth-order valence-electron chi connectivity index (χ4n) is 3.11. The summed E-state index contributed by atoms with van der Waals surface area (Å²) in [5, 5.41) is 18.7. The Morgan fingerprint density at radius 3 is 2.55 bits per heavy atom.